The molecule has 0 spiro atoms. The van der Waals surface area contributed by atoms with E-state index in [1.165, 1.54) is 0 Å². The van der Waals surface area contributed by atoms with Crippen LogP contribution in [0.5, 0.6) is 5.75 Å². The third-order valence-electron chi connectivity index (χ3n) is 3.40. The number of rotatable bonds is 5. The van der Waals surface area contributed by atoms with E-state index < -0.39 is 0 Å². The molecular weight excluding hydrogens is 276 g/mol. The molecule has 1 aromatic rings. The van der Waals surface area contributed by atoms with Crippen molar-refractivity contribution in [2.24, 2.45) is 0 Å². The molecule has 4 nitrogen and oxygen atoms in total. The number of benzene rings is 1. The van der Waals surface area contributed by atoms with Crippen LogP contribution in [-0.2, 0) is 0 Å². The Balaban J connectivity index is 0.00000200. The number of ether oxygens (including phenoxy) is 1. The minimum Gasteiger partial charge on any atom is -0.491 e. The summed E-state index contributed by atoms with van der Waals surface area (Å²) < 4.78 is 5.64. The van der Waals surface area contributed by atoms with Gasteiger partial charge in [-0.25, -0.2) is 0 Å². The number of hydrogen-bond acceptors (Lipinski definition) is 4. The van der Waals surface area contributed by atoms with Crippen molar-refractivity contribution in [3.63, 3.8) is 0 Å². The predicted molar refractivity (Wildman–Crippen MR) is 83.7 cm³/mol. The number of nitrogens with one attached hydrogen (secondary N) is 1. The molecule has 1 saturated heterocycles. The standard InChI is InChI=1S/C15H24N2O2.ClH/c1-12(2)19-14-5-3-13(4-6-14)15(11-18)17-9-7-16-8-10-17;/h3-6,12,15-16,18H,7-11H2,1-2H3;1H/t15-;/m0./s1. The van der Waals surface area contributed by atoms with Gasteiger partial charge in [0.2, 0.25) is 0 Å². The summed E-state index contributed by atoms with van der Waals surface area (Å²) in [5, 5.41) is 13.0. The average molecular weight is 301 g/mol. The van der Waals surface area contributed by atoms with Gasteiger partial charge in [0.15, 0.2) is 0 Å². The molecule has 0 radical (unpaired) electrons. The van der Waals surface area contributed by atoms with Crippen LogP contribution in [0, 0.1) is 0 Å². The van der Waals surface area contributed by atoms with Gasteiger partial charge < -0.3 is 15.2 Å². The second-order valence-corrected chi connectivity index (χ2v) is 5.22. The lowest BCUT2D eigenvalue weighted by molar-refractivity contribution is 0.111. The summed E-state index contributed by atoms with van der Waals surface area (Å²) in [5.74, 6) is 0.885. The van der Waals surface area contributed by atoms with Crippen molar-refractivity contribution in [2.45, 2.75) is 26.0 Å². The smallest absolute Gasteiger partial charge is 0.119 e. The van der Waals surface area contributed by atoms with E-state index in [4.69, 9.17) is 4.74 Å². The first-order valence-corrected chi connectivity index (χ1v) is 7.03. The zero-order chi connectivity index (χ0) is 13.7. The highest BCUT2D eigenvalue weighted by molar-refractivity contribution is 5.85. The number of aliphatic hydroxyl groups is 1. The van der Waals surface area contributed by atoms with Gasteiger partial charge in [-0.2, -0.15) is 0 Å². The molecule has 0 aromatic heterocycles. The summed E-state index contributed by atoms with van der Waals surface area (Å²) in [4.78, 5) is 2.33. The third-order valence-corrected chi connectivity index (χ3v) is 3.40. The van der Waals surface area contributed by atoms with Crippen LogP contribution in [0.2, 0.25) is 0 Å². The van der Waals surface area contributed by atoms with Crippen molar-refractivity contribution in [3.8, 4) is 5.75 Å². The van der Waals surface area contributed by atoms with Crippen molar-refractivity contribution in [3.05, 3.63) is 29.8 Å². The van der Waals surface area contributed by atoms with E-state index in [-0.39, 0.29) is 31.2 Å². The van der Waals surface area contributed by atoms with Gasteiger partial charge in [0.25, 0.3) is 0 Å². The molecule has 1 aliphatic rings. The van der Waals surface area contributed by atoms with Crippen LogP contribution in [0.15, 0.2) is 24.3 Å². The summed E-state index contributed by atoms with van der Waals surface area (Å²) in [7, 11) is 0. The second-order valence-electron chi connectivity index (χ2n) is 5.22. The lowest BCUT2D eigenvalue weighted by Gasteiger charge is -2.34. The van der Waals surface area contributed by atoms with Gasteiger partial charge in [0.05, 0.1) is 18.8 Å². The van der Waals surface area contributed by atoms with E-state index in [1.54, 1.807) is 0 Å². The van der Waals surface area contributed by atoms with E-state index >= 15 is 0 Å². The number of halogens is 1. The molecule has 2 N–H and O–H groups in total. The molecule has 1 aromatic carbocycles. The topological polar surface area (TPSA) is 44.7 Å². The van der Waals surface area contributed by atoms with Gasteiger partial charge in [-0.3, -0.25) is 4.90 Å². The highest BCUT2D eigenvalue weighted by atomic mass is 35.5. The molecule has 0 saturated carbocycles. The summed E-state index contributed by atoms with van der Waals surface area (Å²) >= 11 is 0. The Hall–Kier alpha value is -0.810. The first-order valence-electron chi connectivity index (χ1n) is 7.03. The van der Waals surface area contributed by atoms with Crippen LogP contribution in [0.3, 0.4) is 0 Å². The molecular formula is C15H25ClN2O2. The predicted octanol–water partition coefficient (Wildman–Crippen LogP) is 1.83. The highest BCUT2D eigenvalue weighted by Crippen LogP contribution is 2.23. The molecule has 1 heterocycles. The molecule has 20 heavy (non-hydrogen) atoms. The summed E-state index contributed by atoms with van der Waals surface area (Å²) in [6, 6.07) is 8.18. The van der Waals surface area contributed by atoms with Crippen LogP contribution in [-0.4, -0.2) is 48.9 Å². The van der Waals surface area contributed by atoms with E-state index in [1.807, 2.05) is 26.0 Å². The van der Waals surface area contributed by atoms with Gasteiger partial charge in [0.1, 0.15) is 5.75 Å². The Morgan fingerprint density at radius 3 is 2.30 bits per heavy atom. The molecule has 1 atom stereocenters. The van der Waals surface area contributed by atoms with Crippen molar-refractivity contribution < 1.29 is 9.84 Å². The fraction of sp³-hybridized carbons (Fsp3) is 0.600. The molecule has 0 unspecified atom stereocenters. The minimum absolute atomic E-state index is 0. The number of piperazine rings is 1. The van der Waals surface area contributed by atoms with Crippen LogP contribution < -0.4 is 10.1 Å². The fourth-order valence-corrected chi connectivity index (χ4v) is 2.47. The van der Waals surface area contributed by atoms with Crippen LogP contribution in [0.1, 0.15) is 25.5 Å². The molecule has 1 aliphatic heterocycles. The van der Waals surface area contributed by atoms with Crippen molar-refractivity contribution in [2.75, 3.05) is 32.8 Å². The number of nitrogens with zero attached hydrogens (tertiary/aromatic N) is 1. The lowest BCUT2D eigenvalue weighted by Crippen LogP contribution is -2.46. The molecule has 1 fully saturated rings. The second kappa shape index (κ2) is 8.47. The van der Waals surface area contributed by atoms with Gasteiger partial charge in [0, 0.05) is 26.2 Å². The Bertz CT molecular complexity index is 378. The normalized spacial score (nSPS) is 17.6. The summed E-state index contributed by atoms with van der Waals surface area (Å²) in [6.45, 7) is 8.14. The Morgan fingerprint density at radius 1 is 1.20 bits per heavy atom. The average Bonchev–Trinajstić information content (AvgIpc) is 2.42. The fourth-order valence-electron chi connectivity index (χ4n) is 2.47. The maximum absolute atomic E-state index is 9.65. The SMILES string of the molecule is CC(C)Oc1ccc([C@H](CO)N2CCNCC2)cc1.Cl. The maximum atomic E-state index is 9.65. The van der Waals surface area contributed by atoms with E-state index in [0.29, 0.717) is 0 Å². The summed E-state index contributed by atoms with van der Waals surface area (Å²) in [5.41, 5.74) is 1.15. The molecule has 0 amide bonds. The molecule has 0 aliphatic carbocycles. The molecule has 5 heteroatoms. The van der Waals surface area contributed by atoms with Gasteiger partial charge >= 0.3 is 0 Å². The minimum atomic E-state index is 0. The first kappa shape index (κ1) is 17.2. The molecule has 114 valence electrons. The largest absolute Gasteiger partial charge is 0.491 e. The Morgan fingerprint density at radius 2 is 1.80 bits per heavy atom. The quantitative estimate of drug-likeness (QED) is 0.871. The zero-order valence-electron chi connectivity index (χ0n) is 12.2. The van der Waals surface area contributed by atoms with Gasteiger partial charge in [-0.15, -0.1) is 12.4 Å². The third kappa shape index (κ3) is 4.63. The summed E-state index contributed by atoms with van der Waals surface area (Å²) in [6.07, 6.45) is 0.188. The van der Waals surface area contributed by atoms with E-state index in [2.05, 4.69) is 22.3 Å². The van der Waals surface area contributed by atoms with Crippen LogP contribution >= 0.6 is 12.4 Å². The lowest BCUT2D eigenvalue weighted by atomic mass is 10.1. The Kier molecular flexibility index (Phi) is 7.30. The van der Waals surface area contributed by atoms with Crippen LogP contribution in [0.4, 0.5) is 0 Å². The molecule has 0 bridgehead atoms. The van der Waals surface area contributed by atoms with Crippen molar-refractivity contribution in [1.82, 2.24) is 10.2 Å². The monoisotopic (exact) mass is 300 g/mol. The Labute approximate surface area is 127 Å². The van der Waals surface area contributed by atoms with Crippen molar-refractivity contribution >= 4 is 12.4 Å². The first-order chi connectivity index (χ1) is 9.20. The van der Waals surface area contributed by atoms with E-state index in [9.17, 15) is 5.11 Å². The maximum Gasteiger partial charge on any atom is 0.119 e. The zero-order valence-corrected chi connectivity index (χ0v) is 13.0. The number of hydrogen-bond donors (Lipinski definition) is 2. The van der Waals surface area contributed by atoms with E-state index in [0.717, 1.165) is 37.5 Å². The van der Waals surface area contributed by atoms with Crippen LogP contribution in [0.25, 0.3) is 0 Å². The van der Waals surface area contributed by atoms with Gasteiger partial charge in [-0.05, 0) is 31.5 Å². The molecule has 2 rings (SSSR count). The van der Waals surface area contributed by atoms with Gasteiger partial charge in [-0.1, -0.05) is 12.1 Å². The highest BCUT2D eigenvalue weighted by Gasteiger charge is 2.21. The van der Waals surface area contributed by atoms with Crippen molar-refractivity contribution in [1.29, 1.82) is 0 Å². The number of aliphatic hydroxyl groups excluding tert-OH is 1.